The van der Waals surface area contributed by atoms with Crippen LogP contribution < -0.4 is 11.1 Å². The van der Waals surface area contributed by atoms with E-state index in [0.29, 0.717) is 6.54 Å². The summed E-state index contributed by atoms with van der Waals surface area (Å²) in [5.41, 5.74) is 8.91. The van der Waals surface area contributed by atoms with Crippen molar-refractivity contribution in [3.8, 4) is 0 Å². The van der Waals surface area contributed by atoms with E-state index in [9.17, 15) is 4.79 Å². The first-order valence-electron chi connectivity index (χ1n) is 7.80. The molecular formula is C19H21N3O. The lowest BCUT2D eigenvalue weighted by atomic mass is 9.90. The molecule has 118 valence electrons. The van der Waals surface area contributed by atoms with Crippen molar-refractivity contribution in [2.75, 3.05) is 6.54 Å². The van der Waals surface area contributed by atoms with Gasteiger partial charge in [-0.2, -0.15) is 0 Å². The lowest BCUT2D eigenvalue weighted by Crippen LogP contribution is -2.40. The van der Waals surface area contributed by atoms with Crippen molar-refractivity contribution in [3.05, 3.63) is 71.9 Å². The number of carbonyl (C=O) groups is 1. The highest BCUT2D eigenvalue weighted by atomic mass is 16.1. The van der Waals surface area contributed by atoms with Crippen LogP contribution in [0, 0.1) is 0 Å². The summed E-state index contributed by atoms with van der Waals surface area (Å²) in [4.78, 5) is 14.6. The van der Waals surface area contributed by atoms with E-state index in [1.807, 2.05) is 30.3 Å². The maximum atomic E-state index is 11.3. The van der Waals surface area contributed by atoms with Gasteiger partial charge in [0.05, 0.1) is 6.04 Å². The smallest absolute Gasteiger partial charge is 0.234 e. The van der Waals surface area contributed by atoms with Gasteiger partial charge >= 0.3 is 0 Å². The highest BCUT2D eigenvalue weighted by molar-refractivity contribution is 5.84. The lowest BCUT2D eigenvalue weighted by Gasteiger charge is -2.20. The fraction of sp³-hybridized carbons (Fsp3) is 0.211. The number of nitrogens with two attached hydrogens (primary N) is 1. The molecule has 0 spiro atoms. The Hall–Kier alpha value is -2.59. The van der Waals surface area contributed by atoms with Crippen molar-refractivity contribution in [3.63, 3.8) is 0 Å². The number of aromatic amines is 1. The van der Waals surface area contributed by atoms with E-state index in [1.54, 1.807) is 6.92 Å². The number of H-pyrrole nitrogens is 1. The zero-order valence-electron chi connectivity index (χ0n) is 13.1. The number of nitrogens with one attached hydrogen (secondary N) is 2. The predicted molar refractivity (Wildman–Crippen MR) is 93.2 cm³/mol. The monoisotopic (exact) mass is 307 g/mol. The molecule has 4 nitrogen and oxygen atoms in total. The minimum atomic E-state index is -0.355. The van der Waals surface area contributed by atoms with E-state index >= 15 is 0 Å². The van der Waals surface area contributed by atoms with E-state index in [2.05, 4.69) is 40.8 Å². The zero-order chi connectivity index (χ0) is 16.2. The van der Waals surface area contributed by atoms with Crippen LogP contribution in [0.5, 0.6) is 0 Å². The molecule has 0 radical (unpaired) electrons. The van der Waals surface area contributed by atoms with Gasteiger partial charge in [0.15, 0.2) is 0 Å². The number of amides is 1. The van der Waals surface area contributed by atoms with Crippen LogP contribution in [0.25, 0.3) is 10.9 Å². The molecular weight excluding hydrogens is 286 g/mol. The average Bonchev–Trinajstić information content (AvgIpc) is 3.00. The molecule has 0 fully saturated rings. The van der Waals surface area contributed by atoms with Gasteiger partial charge in [-0.15, -0.1) is 0 Å². The number of para-hydroxylation sites is 1. The molecule has 0 saturated carbocycles. The zero-order valence-corrected chi connectivity index (χ0v) is 13.1. The standard InChI is InChI=1S/C19H21N3O/c1-13(19(20)23)21-11-16(14-7-3-2-4-8-14)17-12-22-18-10-6-5-9-15(17)18/h2-10,12-13,16,21-22H,11H2,1H3,(H2,20,23)/t13-,16+/m1/s1. The van der Waals surface area contributed by atoms with Crippen molar-refractivity contribution < 1.29 is 4.79 Å². The van der Waals surface area contributed by atoms with Gasteiger partial charge in [-0.05, 0) is 24.1 Å². The lowest BCUT2D eigenvalue weighted by molar-refractivity contribution is -0.119. The first-order valence-corrected chi connectivity index (χ1v) is 7.80. The molecule has 0 aliphatic heterocycles. The van der Waals surface area contributed by atoms with Crippen LogP contribution in [0.1, 0.15) is 24.0 Å². The van der Waals surface area contributed by atoms with E-state index in [0.717, 1.165) is 5.52 Å². The SMILES string of the molecule is C[C@@H](NC[C@@H](c1ccccc1)c1c[nH]c2ccccc12)C(N)=O. The number of hydrogen-bond acceptors (Lipinski definition) is 2. The third-order valence-corrected chi connectivity index (χ3v) is 4.25. The summed E-state index contributed by atoms with van der Waals surface area (Å²) < 4.78 is 0. The molecule has 0 unspecified atom stereocenters. The third kappa shape index (κ3) is 3.27. The van der Waals surface area contributed by atoms with Crippen molar-refractivity contribution in [2.45, 2.75) is 18.9 Å². The molecule has 3 aromatic rings. The Kier molecular flexibility index (Phi) is 4.44. The molecule has 4 N–H and O–H groups in total. The summed E-state index contributed by atoms with van der Waals surface area (Å²) >= 11 is 0. The van der Waals surface area contributed by atoms with Gasteiger partial charge in [0.2, 0.25) is 5.91 Å². The molecule has 0 aliphatic rings. The summed E-state index contributed by atoms with van der Waals surface area (Å²) in [6.07, 6.45) is 2.05. The number of carbonyl (C=O) groups excluding carboxylic acids is 1. The fourth-order valence-electron chi connectivity index (χ4n) is 2.87. The van der Waals surface area contributed by atoms with Gasteiger partial charge in [0, 0.05) is 29.6 Å². The van der Waals surface area contributed by atoms with E-state index in [-0.39, 0.29) is 17.9 Å². The molecule has 2 atom stereocenters. The van der Waals surface area contributed by atoms with Crippen molar-refractivity contribution in [1.82, 2.24) is 10.3 Å². The minimum Gasteiger partial charge on any atom is -0.368 e. The van der Waals surface area contributed by atoms with E-state index in [4.69, 9.17) is 5.73 Å². The highest BCUT2D eigenvalue weighted by Crippen LogP contribution is 2.30. The largest absolute Gasteiger partial charge is 0.368 e. The van der Waals surface area contributed by atoms with Gasteiger partial charge < -0.3 is 16.0 Å². The van der Waals surface area contributed by atoms with Crippen molar-refractivity contribution >= 4 is 16.8 Å². The second-order valence-corrected chi connectivity index (χ2v) is 5.79. The average molecular weight is 307 g/mol. The highest BCUT2D eigenvalue weighted by Gasteiger charge is 2.19. The normalized spacial score (nSPS) is 13.8. The van der Waals surface area contributed by atoms with Crippen LogP contribution in [0.3, 0.4) is 0 Å². The second kappa shape index (κ2) is 6.67. The van der Waals surface area contributed by atoms with Crippen LogP contribution in [0.15, 0.2) is 60.8 Å². The molecule has 0 aliphatic carbocycles. The Balaban J connectivity index is 1.96. The quantitative estimate of drug-likeness (QED) is 0.655. The third-order valence-electron chi connectivity index (χ3n) is 4.25. The van der Waals surface area contributed by atoms with Gasteiger partial charge in [0.25, 0.3) is 0 Å². The Morgan fingerprint density at radius 1 is 1.13 bits per heavy atom. The summed E-state index contributed by atoms with van der Waals surface area (Å²) in [5.74, 6) is -0.190. The molecule has 1 aromatic heterocycles. The van der Waals surface area contributed by atoms with E-state index in [1.165, 1.54) is 16.5 Å². The van der Waals surface area contributed by atoms with Crippen molar-refractivity contribution in [1.29, 1.82) is 0 Å². The minimum absolute atomic E-state index is 0.147. The first-order chi connectivity index (χ1) is 11.2. The number of aromatic nitrogens is 1. The number of hydrogen-bond donors (Lipinski definition) is 3. The van der Waals surface area contributed by atoms with Crippen LogP contribution in [0.2, 0.25) is 0 Å². The molecule has 1 amide bonds. The second-order valence-electron chi connectivity index (χ2n) is 5.79. The van der Waals surface area contributed by atoms with Gasteiger partial charge in [0.1, 0.15) is 0 Å². The molecule has 23 heavy (non-hydrogen) atoms. The number of fused-ring (bicyclic) bond motifs is 1. The Bertz CT molecular complexity index is 794. The van der Waals surface area contributed by atoms with Crippen LogP contribution in [0.4, 0.5) is 0 Å². The number of primary amides is 1. The molecule has 2 aromatic carbocycles. The fourth-order valence-corrected chi connectivity index (χ4v) is 2.87. The molecule has 1 heterocycles. The van der Waals surface area contributed by atoms with Crippen LogP contribution in [-0.2, 0) is 4.79 Å². The molecule has 3 rings (SSSR count). The van der Waals surface area contributed by atoms with Crippen molar-refractivity contribution in [2.24, 2.45) is 5.73 Å². The van der Waals surface area contributed by atoms with Crippen LogP contribution in [-0.4, -0.2) is 23.5 Å². The molecule has 4 heteroatoms. The number of benzene rings is 2. The summed E-state index contributed by atoms with van der Waals surface area (Å²) in [5, 5.41) is 4.45. The Labute approximate surface area is 135 Å². The van der Waals surface area contributed by atoms with Gasteiger partial charge in [-0.25, -0.2) is 0 Å². The Morgan fingerprint density at radius 3 is 2.57 bits per heavy atom. The van der Waals surface area contributed by atoms with Gasteiger partial charge in [-0.3, -0.25) is 4.79 Å². The van der Waals surface area contributed by atoms with E-state index < -0.39 is 0 Å². The summed E-state index contributed by atoms with van der Waals surface area (Å²) in [7, 11) is 0. The number of rotatable bonds is 6. The Morgan fingerprint density at radius 2 is 1.83 bits per heavy atom. The summed E-state index contributed by atoms with van der Waals surface area (Å²) in [6.45, 7) is 2.44. The molecule has 0 bridgehead atoms. The van der Waals surface area contributed by atoms with Crippen LogP contribution >= 0.6 is 0 Å². The molecule has 0 saturated heterocycles. The topological polar surface area (TPSA) is 70.9 Å². The van der Waals surface area contributed by atoms with Gasteiger partial charge in [-0.1, -0.05) is 48.5 Å². The predicted octanol–water partition coefficient (Wildman–Crippen LogP) is 2.76. The summed E-state index contributed by atoms with van der Waals surface area (Å²) in [6, 6.07) is 18.2. The maximum absolute atomic E-state index is 11.3. The first kappa shape index (κ1) is 15.3. The maximum Gasteiger partial charge on any atom is 0.234 e.